The van der Waals surface area contributed by atoms with E-state index in [2.05, 4.69) is 30.4 Å². The first kappa shape index (κ1) is 14.9. The fourth-order valence-electron chi connectivity index (χ4n) is 2.38. The van der Waals surface area contributed by atoms with Gasteiger partial charge >= 0.3 is 0 Å². The Labute approximate surface area is 125 Å². The predicted octanol–water partition coefficient (Wildman–Crippen LogP) is 4.16. The maximum atomic E-state index is 6.26. The smallest absolute Gasteiger partial charge is 0.123 e. The minimum atomic E-state index is 0.171. The molecule has 0 aliphatic heterocycles. The SMILES string of the molecule is CNC(Cc1ccccc1Cl)c1cc(C)ccc1OC. The van der Waals surface area contributed by atoms with Crippen molar-refractivity contribution in [2.75, 3.05) is 14.2 Å². The van der Waals surface area contributed by atoms with E-state index in [9.17, 15) is 0 Å². The molecule has 1 atom stereocenters. The summed E-state index contributed by atoms with van der Waals surface area (Å²) < 4.78 is 5.48. The van der Waals surface area contributed by atoms with Crippen molar-refractivity contribution < 1.29 is 4.74 Å². The molecule has 0 bridgehead atoms. The van der Waals surface area contributed by atoms with Crippen LogP contribution in [-0.4, -0.2) is 14.2 Å². The van der Waals surface area contributed by atoms with Gasteiger partial charge in [-0.25, -0.2) is 0 Å². The van der Waals surface area contributed by atoms with Crippen molar-refractivity contribution in [3.8, 4) is 5.75 Å². The molecule has 0 aliphatic carbocycles. The number of aryl methyl sites for hydroxylation is 1. The summed E-state index contributed by atoms with van der Waals surface area (Å²) in [5.74, 6) is 0.905. The summed E-state index contributed by atoms with van der Waals surface area (Å²) in [5.41, 5.74) is 3.52. The number of methoxy groups -OCH3 is 1. The first-order valence-electron chi connectivity index (χ1n) is 6.71. The molecule has 0 aliphatic rings. The van der Waals surface area contributed by atoms with Crippen LogP contribution in [-0.2, 0) is 6.42 Å². The highest BCUT2D eigenvalue weighted by molar-refractivity contribution is 6.31. The van der Waals surface area contributed by atoms with Gasteiger partial charge in [0, 0.05) is 16.6 Å². The Morgan fingerprint density at radius 2 is 1.95 bits per heavy atom. The number of rotatable bonds is 5. The van der Waals surface area contributed by atoms with Crippen molar-refractivity contribution in [3.05, 3.63) is 64.2 Å². The fourth-order valence-corrected chi connectivity index (χ4v) is 2.59. The highest BCUT2D eigenvalue weighted by Gasteiger charge is 2.16. The van der Waals surface area contributed by atoms with Crippen molar-refractivity contribution in [1.82, 2.24) is 5.32 Å². The van der Waals surface area contributed by atoms with E-state index in [0.717, 1.165) is 28.3 Å². The predicted molar refractivity (Wildman–Crippen MR) is 84.7 cm³/mol. The van der Waals surface area contributed by atoms with E-state index in [-0.39, 0.29) is 6.04 Å². The van der Waals surface area contributed by atoms with Crippen LogP contribution in [0.15, 0.2) is 42.5 Å². The van der Waals surface area contributed by atoms with Gasteiger partial charge < -0.3 is 10.1 Å². The summed E-state index contributed by atoms with van der Waals surface area (Å²) in [6, 6.07) is 14.4. The number of nitrogens with one attached hydrogen (secondary N) is 1. The highest BCUT2D eigenvalue weighted by atomic mass is 35.5. The lowest BCUT2D eigenvalue weighted by atomic mass is 9.96. The first-order valence-corrected chi connectivity index (χ1v) is 7.08. The Morgan fingerprint density at radius 3 is 2.60 bits per heavy atom. The maximum Gasteiger partial charge on any atom is 0.123 e. The summed E-state index contributed by atoms with van der Waals surface area (Å²) in [6.07, 6.45) is 0.829. The quantitative estimate of drug-likeness (QED) is 0.892. The molecule has 0 aromatic heterocycles. The topological polar surface area (TPSA) is 21.3 Å². The molecule has 3 heteroatoms. The molecule has 1 N–H and O–H groups in total. The van der Waals surface area contributed by atoms with E-state index < -0.39 is 0 Å². The van der Waals surface area contributed by atoms with Crippen LogP contribution >= 0.6 is 11.6 Å². The number of benzene rings is 2. The van der Waals surface area contributed by atoms with Crippen molar-refractivity contribution >= 4 is 11.6 Å². The lowest BCUT2D eigenvalue weighted by Crippen LogP contribution is -2.20. The lowest BCUT2D eigenvalue weighted by molar-refractivity contribution is 0.401. The van der Waals surface area contributed by atoms with Gasteiger partial charge in [0.15, 0.2) is 0 Å². The lowest BCUT2D eigenvalue weighted by Gasteiger charge is -2.20. The summed E-state index contributed by atoms with van der Waals surface area (Å²) in [7, 11) is 3.67. The van der Waals surface area contributed by atoms with Crippen LogP contribution in [0.5, 0.6) is 5.75 Å². The number of ether oxygens (including phenoxy) is 1. The van der Waals surface area contributed by atoms with Gasteiger partial charge in [0.25, 0.3) is 0 Å². The molecule has 2 rings (SSSR count). The fraction of sp³-hybridized carbons (Fsp3) is 0.294. The Balaban J connectivity index is 2.33. The summed E-state index contributed by atoms with van der Waals surface area (Å²) in [6.45, 7) is 2.09. The molecule has 2 aromatic carbocycles. The van der Waals surface area contributed by atoms with Crippen molar-refractivity contribution in [2.45, 2.75) is 19.4 Å². The van der Waals surface area contributed by atoms with Crippen molar-refractivity contribution in [2.24, 2.45) is 0 Å². The monoisotopic (exact) mass is 289 g/mol. The molecule has 0 heterocycles. The van der Waals surface area contributed by atoms with Gasteiger partial charge in [0.05, 0.1) is 7.11 Å². The van der Waals surface area contributed by atoms with Gasteiger partial charge in [-0.15, -0.1) is 0 Å². The van der Waals surface area contributed by atoms with Crippen LogP contribution < -0.4 is 10.1 Å². The minimum absolute atomic E-state index is 0.171. The molecule has 0 saturated heterocycles. The molecule has 0 fully saturated rings. The van der Waals surface area contributed by atoms with Crippen molar-refractivity contribution in [1.29, 1.82) is 0 Å². The Kier molecular flexibility index (Phi) is 5.05. The van der Waals surface area contributed by atoms with Gasteiger partial charge in [0.1, 0.15) is 5.75 Å². The Bertz CT molecular complexity index is 583. The second-order valence-electron chi connectivity index (χ2n) is 4.88. The maximum absolute atomic E-state index is 6.26. The molecule has 2 nitrogen and oxygen atoms in total. The molecular weight excluding hydrogens is 270 g/mol. The first-order chi connectivity index (χ1) is 9.65. The zero-order valence-corrected chi connectivity index (χ0v) is 12.9. The molecule has 20 heavy (non-hydrogen) atoms. The van der Waals surface area contributed by atoms with Crippen LogP contribution in [0.25, 0.3) is 0 Å². The number of hydrogen-bond donors (Lipinski definition) is 1. The van der Waals surface area contributed by atoms with E-state index in [0.29, 0.717) is 0 Å². The van der Waals surface area contributed by atoms with Crippen LogP contribution in [0.2, 0.25) is 5.02 Å². The number of likely N-dealkylation sites (N-methyl/N-ethyl adjacent to an activating group) is 1. The van der Waals surface area contributed by atoms with Crippen LogP contribution in [0.3, 0.4) is 0 Å². The number of hydrogen-bond acceptors (Lipinski definition) is 2. The minimum Gasteiger partial charge on any atom is -0.496 e. The molecule has 0 saturated carbocycles. The summed E-state index contributed by atoms with van der Waals surface area (Å²) in [4.78, 5) is 0. The largest absolute Gasteiger partial charge is 0.496 e. The molecule has 0 radical (unpaired) electrons. The van der Waals surface area contributed by atoms with Crippen LogP contribution in [0.1, 0.15) is 22.7 Å². The van der Waals surface area contributed by atoms with Gasteiger partial charge in [-0.1, -0.05) is 47.5 Å². The molecule has 1 unspecified atom stereocenters. The zero-order chi connectivity index (χ0) is 14.5. The Hall–Kier alpha value is -1.51. The second kappa shape index (κ2) is 6.78. The van der Waals surface area contributed by atoms with Gasteiger partial charge in [-0.2, -0.15) is 0 Å². The zero-order valence-electron chi connectivity index (χ0n) is 12.1. The van der Waals surface area contributed by atoms with E-state index in [4.69, 9.17) is 16.3 Å². The molecule has 106 valence electrons. The Morgan fingerprint density at radius 1 is 1.20 bits per heavy atom. The average Bonchev–Trinajstić information content (AvgIpc) is 2.46. The normalized spacial score (nSPS) is 12.2. The molecular formula is C17H20ClNO. The third-order valence-electron chi connectivity index (χ3n) is 3.49. The van der Waals surface area contributed by atoms with E-state index in [1.807, 2.05) is 31.3 Å². The highest BCUT2D eigenvalue weighted by Crippen LogP contribution is 2.30. The van der Waals surface area contributed by atoms with E-state index >= 15 is 0 Å². The average molecular weight is 290 g/mol. The van der Waals surface area contributed by atoms with Gasteiger partial charge in [-0.05, 0) is 38.1 Å². The third kappa shape index (κ3) is 3.33. The molecule has 0 spiro atoms. The molecule has 2 aromatic rings. The van der Waals surface area contributed by atoms with E-state index in [1.165, 1.54) is 5.56 Å². The van der Waals surface area contributed by atoms with Crippen LogP contribution in [0, 0.1) is 6.92 Å². The second-order valence-corrected chi connectivity index (χ2v) is 5.29. The van der Waals surface area contributed by atoms with Gasteiger partial charge in [-0.3, -0.25) is 0 Å². The van der Waals surface area contributed by atoms with Crippen LogP contribution in [0.4, 0.5) is 0 Å². The van der Waals surface area contributed by atoms with Gasteiger partial charge in [0.2, 0.25) is 0 Å². The molecule has 0 amide bonds. The standard InChI is InChI=1S/C17H20ClNO/c1-12-8-9-17(20-3)14(10-12)16(19-2)11-13-6-4-5-7-15(13)18/h4-10,16,19H,11H2,1-3H3. The number of halogens is 1. The van der Waals surface area contributed by atoms with E-state index in [1.54, 1.807) is 7.11 Å². The van der Waals surface area contributed by atoms with Crippen molar-refractivity contribution in [3.63, 3.8) is 0 Å². The summed E-state index contributed by atoms with van der Waals surface area (Å²) >= 11 is 6.26. The third-order valence-corrected chi connectivity index (χ3v) is 3.86. The summed E-state index contributed by atoms with van der Waals surface area (Å²) in [5, 5.41) is 4.16.